The third kappa shape index (κ3) is 4.75. The minimum atomic E-state index is -0.968. The van der Waals surface area contributed by atoms with E-state index in [9.17, 15) is 4.79 Å². The van der Waals surface area contributed by atoms with Crippen LogP contribution < -0.4 is 4.74 Å². The summed E-state index contributed by atoms with van der Waals surface area (Å²) in [5.41, 5.74) is 1.73. The fraction of sp³-hybridized carbons (Fsp3) is 0.0625. The van der Waals surface area contributed by atoms with Crippen molar-refractivity contribution in [1.82, 2.24) is 0 Å². The maximum atomic E-state index is 10.5. The molecule has 1 N–H and O–H groups in total. The van der Waals surface area contributed by atoms with Crippen LogP contribution in [0.2, 0.25) is 5.02 Å². The highest BCUT2D eigenvalue weighted by Gasteiger charge is 2.04. The highest BCUT2D eigenvalue weighted by molar-refractivity contribution is 14.1. The van der Waals surface area contributed by atoms with E-state index >= 15 is 0 Å². The van der Waals surface area contributed by atoms with E-state index in [2.05, 4.69) is 22.6 Å². The summed E-state index contributed by atoms with van der Waals surface area (Å²) in [6, 6.07) is 13.0. The molecule has 108 valence electrons. The van der Waals surface area contributed by atoms with Gasteiger partial charge < -0.3 is 9.84 Å². The van der Waals surface area contributed by atoms with E-state index in [0.717, 1.165) is 26.5 Å². The highest BCUT2D eigenvalue weighted by Crippen LogP contribution is 2.25. The largest absolute Gasteiger partial charge is 0.488 e. The summed E-state index contributed by atoms with van der Waals surface area (Å²) in [4.78, 5) is 10.5. The van der Waals surface area contributed by atoms with Crippen molar-refractivity contribution in [1.29, 1.82) is 0 Å². The van der Waals surface area contributed by atoms with Gasteiger partial charge in [-0.2, -0.15) is 0 Å². The maximum Gasteiger partial charge on any atom is 0.328 e. The molecule has 0 aliphatic rings. The average Bonchev–Trinajstić information content (AvgIpc) is 2.45. The molecule has 0 aromatic heterocycles. The Balaban J connectivity index is 2.08. The molecule has 0 bridgehead atoms. The van der Waals surface area contributed by atoms with Gasteiger partial charge in [0.1, 0.15) is 12.4 Å². The number of carbonyl (C=O) groups is 1. The van der Waals surface area contributed by atoms with Gasteiger partial charge in [-0.25, -0.2) is 4.79 Å². The van der Waals surface area contributed by atoms with Crippen LogP contribution in [0.1, 0.15) is 11.1 Å². The number of halogens is 2. The van der Waals surface area contributed by atoms with Crippen LogP contribution in [0.3, 0.4) is 0 Å². The Morgan fingerprint density at radius 3 is 2.71 bits per heavy atom. The van der Waals surface area contributed by atoms with Crippen molar-refractivity contribution in [3.8, 4) is 5.75 Å². The van der Waals surface area contributed by atoms with Crippen molar-refractivity contribution in [2.45, 2.75) is 6.61 Å². The molecule has 0 saturated carbocycles. The van der Waals surface area contributed by atoms with E-state index in [1.54, 1.807) is 6.08 Å². The first kappa shape index (κ1) is 15.9. The number of carboxylic acids is 1. The van der Waals surface area contributed by atoms with Crippen LogP contribution in [-0.4, -0.2) is 11.1 Å². The quantitative estimate of drug-likeness (QED) is 0.573. The van der Waals surface area contributed by atoms with Gasteiger partial charge in [0, 0.05) is 16.7 Å². The van der Waals surface area contributed by atoms with Gasteiger partial charge in [0.05, 0.1) is 3.57 Å². The monoisotopic (exact) mass is 414 g/mol. The lowest BCUT2D eigenvalue weighted by Crippen LogP contribution is -1.98. The van der Waals surface area contributed by atoms with Crippen molar-refractivity contribution in [2.75, 3.05) is 0 Å². The van der Waals surface area contributed by atoms with Crippen LogP contribution >= 0.6 is 34.2 Å². The Labute approximate surface area is 141 Å². The van der Waals surface area contributed by atoms with Crippen LogP contribution in [0, 0.1) is 3.57 Å². The first-order valence-corrected chi connectivity index (χ1v) is 7.58. The number of carboxylic acid groups (broad SMARTS) is 1. The van der Waals surface area contributed by atoms with Crippen molar-refractivity contribution in [3.05, 3.63) is 68.3 Å². The van der Waals surface area contributed by atoms with E-state index < -0.39 is 5.97 Å². The number of aliphatic carboxylic acids is 1. The lowest BCUT2D eigenvalue weighted by Gasteiger charge is -2.10. The van der Waals surface area contributed by atoms with Gasteiger partial charge in [-0.15, -0.1) is 0 Å². The second-order valence-electron chi connectivity index (χ2n) is 4.24. The number of hydrogen-bond donors (Lipinski definition) is 1. The third-order valence-electron chi connectivity index (χ3n) is 2.72. The molecule has 0 heterocycles. The summed E-state index contributed by atoms with van der Waals surface area (Å²) in [5.74, 6) is -0.230. The molecular weight excluding hydrogens is 403 g/mol. The van der Waals surface area contributed by atoms with Crippen LogP contribution in [0.25, 0.3) is 6.08 Å². The first-order chi connectivity index (χ1) is 10.1. The maximum absolute atomic E-state index is 10.5. The first-order valence-electron chi connectivity index (χ1n) is 6.13. The molecule has 5 heteroatoms. The van der Waals surface area contributed by atoms with E-state index in [1.807, 2.05) is 42.5 Å². The lowest BCUT2D eigenvalue weighted by molar-refractivity contribution is -0.131. The summed E-state index contributed by atoms with van der Waals surface area (Å²) < 4.78 is 6.66. The topological polar surface area (TPSA) is 46.5 Å². The minimum Gasteiger partial charge on any atom is -0.488 e. The zero-order valence-corrected chi connectivity index (χ0v) is 13.8. The molecule has 2 aromatic carbocycles. The molecule has 2 aromatic rings. The van der Waals surface area contributed by atoms with E-state index in [4.69, 9.17) is 21.4 Å². The fourth-order valence-electron chi connectivity index (χ4n) is 1.68. The molecule has 0 fully saturated rings. The summed E-state index contributed by atoms with van der Waals surface area (Å²) in [6.07, 6.45) is 2.65. The van der Waals surface area contributed by atoms with Gasteiger partial charge in [0.25, 0.3) is 0 Å². The predicted octanol–water partition coefficient (Wildman–Crippen LogP) is 4.62. The molecule has 2 rings (SSSR count). The number of ether oxygens (including phenoxy) is 1. The number of hydrogen-bond acceptors (Lipinski definition) is 2. The number of rotatable bonds is 5. The highest BCUT2D eigenvalue weighted by atomic mass is 127. The molecular formula is C16H12ClIO3. The molecule has 0 radical (unpaired) electrons. The van der Waals surface area contributed by atoms with Crippen molar-refractivity contribution >= 4 is 46.2 Å². The van der Waals surface area contributed by atoms with Crippen molar-refractivity contribution in [3.63, 3.8) is 0 Å². The second-order valence-corrected chi connectivity index (χ2v) is 5.81. The molecule has 0 aliphatic carbocycles. The number of benzene rings is 2. The zero-order chi connectivity index (χ0) is 15.2. The molecule has 3 nitrogen and oxygen atoms in total. The average molecular weight is 415 g/mol. The summed E-state index contributed by atoms with van der Waals surface area (Å²) in [7, 11) is 0. The van der Waals surface area contributed by atoms with E-state index in [1.165, 1.54) is 0 Å². The lowest BCUT2D eigenvalue weighted by atomic mass is 10.2. The molecule has 0 atom stereocenters. The Kier molecular flexibility index (Phi) is 5.64. The molecule has 21 heavy (non-hydrogen) atoms. The third-order valence-corrected chi connectivity index (χ3v) is 3.93. The molecule has 0 amide bonds. The Morgan fingerprint density at radius 1 is 1.29 bits per heavy atom. The fourth-order valence-corrected chi connectivity index (χ4v) is 2.56. The van der Waals surface area contributed by atoms with Crippen LogP contribution in [0.4, 0.5) is 0 Å². The van der Waals surface area contributed by atoms with Gasteiger partial charge in [-0.3, -0.25) is 0 Å². The Hall–Kier alpha value is -1.53. The Morgan fingerprint density at radius 2 is 2.05 bits per heavy atom. The molecule has 0 saturated heterocycles. The second kappa shape index (κ2) is 7.47. The molecule has 0 unspecified atom stereocenters. The SMILES string of the molecule is O=C(O)/C=C/c1ccc(OCc2ccccc2Cl)c(I)c1. The smallest absolute Gasteiger partial charge is 0.328 e. The van der Waals surface area contributed by atoms with Gasteiger partial charge in [0.2, 0.25) is 0 Å². The minimum absolute atomic E-state index is 0.389. The molecule has 0 spiro atoms. The summed E-state index contributed by atoms with van der Waals surface area (Å²) in [5, 5.41) is 9.28. The van der Waals surface area contributed by atoms with Crippen molar-refractivity contribution < 1.29 is 14.6 Å². The van der Waals surface area contributed by atoms with Crippen LogP contribution in [0.15, 0.2) is 48.5 Å². The predicted molar refractivity (Wildman–Crippen MR) is 91.6 cm³/mol. The van der Waals surface area contributed by atoms with Crippen LogP contribution in [0.5, 0.6) is 5.75 Å². The van der Waals surface area contributed by atoms with Gasteiger partial charge in [-0.05, 0) is 52.4 Å². The van der Waals surface area contributed by atoms with Crippen LogP contribution in [-0.2, 0) is 11.4 Å². The molecule has 0 aliphatic heterocycles. The Bertz CT molecular complexity index is 683. The van der Waals surface area contributed by atoms with Gasteiger partial charge in [-0.1, -0.05) is 35.9 Å². The zero-order valence-electron chi connectivity index (χ0n) is 10.9. The summed E-state index contributed by atoms with van der Waals surface area (Å²) in [6.45, 7) is 0.389. The standard InChI is InChI=1S/C16H12ClIO3/c17-13-4-2-1-3-12(13)10-21-15-7-5-11(9-14(15)18)6-8-16(19)20/h1-9H,10H2,(H,19,20)/b8-6+. The van der Waals surface area contributed by atoms with E-state index in [-0.39, 0.29) is 0 Å². The summed E-state index contributed by atoms with van der Waals surface area (Å²) >= 11 is 8.23. The van der Waals surface area contributed by atoms with Gasteiger partial charge in [0.15, 0.2) is 0 Å². The van der Waals surface area contributed by atoms with E-state index in [0.29, 0.717) is 11.6 Å². The van der Waals surface area contributed by atoms with Crippen molar-refractivity contribution in [2.24, 2.45) is 0 Å². The van der Waals surface area contributed by atoms with Gasteiger partial charge >= 0.3 is 5.97 Å². The normalized spacial score (nSPS) is 10.8.